The highest BCUT2D eigenvalue weighted by Gasteiger charge is 2.34. The van der Waals surface area contributed by atoms with Gasteiger partial charge in [-0.3, -0.25) is 19.4 Å². The molecule has 7 heteroatoms. The van der Waals surface area contributed by atoms with Crippen LogP contribution < -0.4 is 5.32 Å². The highest BCUT2D eigenvalue weighted by atomic mass is 16.5. The minimum absolute atomic E-state index is 0.0904. The number of rotatable bonds is 4. The maximum Gasteiger partial charge on any atom is 0.233 e. The molecule has 3 heterocycles. The van der Waals surface area contributed by atoms with Gasteiger partial charge in [0.2, 0.25) is 11.8 Å². The lowest BCUT2D eigenvalue weighted by Crippen LogP contribution is -2.53. The van der Waals surface area contributed by atoms with Crippen molar-refractivity contribution >= 4 is 11.8 Å². The fraction of sp³-hybridized carbons (Fsp3) is 0.889. The van der Waals surface area contributed by atoms with Crippen LogP contribution in [0.2, 0.25) is 0 Å². The molecule has 0 radical (unpaired) electrons. The average molecular weight is 352 g/mol. The molecule has 3 saturated heterocycles. The Kier molecular flexibility index (Phi) is 6.67. The number of hydrogen-bond donors (Lipinski definition) is 1. The Hall–Kier alpha value is -1.18. The summed E-state index contributed by atoms with van der Waals surface area (Å²) in [5.74, 6) is 0.563. The van der Waals surface area contributed by atoms with Gasteiger partial charge < -0.3 is 15.0 Å². The molecule has 0 aromatic carbocycles. The van der Waals surface area contributed by atoms with E-state index >= 15 is 0 Å². The van der Waals surface area contributed by atoms with E-state index in [0.717, 1.165) is 65.0 Å². The molecule has 2 amide bonds. The lowest BCUT2D eigenvalue weighted by atomic mass is 9.92. The molecule has 3 aliphatic rings. The Morgan fingerprint density at radius 3 is 2.44 bits per heavy atom. The maximum absolute atomic E-state index is 12.8. The monoisotopic (exact) mass is 352 g/mol. The molecule has 0 bridgehead atoms. The second-order valence-corrected chi connectivity index (χ2v) is 7.45. The van der Waals surface area contributed by atoms with E-state index in [2.05, 4.69) is 15.1 Å². The van der Waals surface area contributed by atoms with Gasteiger partial charge in [0, 0.05) is 45.8 Å². The van der Waals surface area contributed by atoms with Gasteiger partial charge in [-0.05, 0) is 32.2 Å². The zero-order valence-corrected chi connectivity index (χ0v) is 15.4. The second-order valence-electron chi connectivity index (χ2n) is 7.45. The van der Waals surface area contributed by atoms with E-state index in [1.807, 2.05) is 4.90 Å². The van der Waals surface area contributed by atoms with Crippen molar-refractivity contribution < 1.29 is 14.3 Å². The van der Waals surface area contributed by atoms with Crippen molar-refractivity contribution in [2.24, 2.45) is 5.92 Å². The van der Waals surface area contributed by atoms with Crippen LogP contribution in [0.3, 0.4) is 0 Å². The first kappa shape index (κ1) is 18.6. The van der Waals surface area contributed by atoms with Crippen molar-refractivity contribution in [1.29, 1.82) is 0 Å². The summed E-state index contributed by atoms with van der Waals surface area (Å²) in [4.78, 5) is 31.0. The lowest BCUT2D eigenvalue weighted by Gasteiger charge is -2.42. The molecule has 0 aliphatic carbocycles. The Morgan fingerprint density at radius 2 is 1.76 bits per heavy atom. The molecule has 1 N–H and O–H groups in total. The minimum Gasteiger partial charge on any atom is -0.378 e. The fourth-order valence-electron chi connectivity index (χ4n) is 4.31. The number of piperidine rings is 2. The number of amides is 2. The van der Waals surface area contributed by atoms with E-state index in [-0.39, 0.29) is 11.8 Å². The van der Waals surface area contributed by atoms with Gasteiger partial charge in [-0.15, -0.1) is 0 Å². The molecule has 0 aromatic heterocycles. The van der Waals surface area contributed by atoms with Crippen LogP contribution in [0.5, 0.6) is 0 Å². The van der Waals surface area contributed by atoms with Crippen LogP contribution in [0.1, 0.15) is 25.7 Å². The zero-order chi connectivity index (χ0) is 17.6. The number of carbonyl (C=O) groups is 2. The van der Waals surface area contributed by atoms with Crippen LogP contribution in [-0.2, 0) is 14.3 Å². The predicted octanol–water partition coefficient (Wildman–Crippen LogP) is -0.232. The molecular weight excluding hydrogens is 320 g/mol. The van der Waals surface area contributed by atoms with Crippen LogP contribution in [0.4, 0.5) is 0 Å². The van der Waals surface area contributed by atoms with Gasteiger partial charge in [-0.25, -0.2) is 0 Å². The smallest absolute Gasteiger partial charge is 0.233 e. The summed E-state index contributed by atoms with van der Waals surface area (Å²) in [6.07, 6.45) is 4.31. The molecule has 7 nitrogen and oxygen atoms in total. The minimum atomic E-state index is 0.0904. The maximum atomic E-state index is 12.8. The standard InChI is InChI=1S/C18H32N4O3/c1-19-17(23)14-20-7-4-16(5-8-20)22-6-2-3-15(13-22)18(24)21-9-11-25-12-10-21/h15-16H,2-14H2,1H3,(H,19,23). The van der Waals surface area contributed by atoms with Crippen molar-refractivity contribution in [2.75, 3.05) is 66.1 Å². The molecule has 3 fully saturated rings. The van der Waals surface area contributed by atoms with Crippen LogP contribution in [0.25, 0.3) is 0 Å². The van der Waals surface area contributed by atoms with Crippen LogP contribution in [-0.4, -0.2) is 98.6 Å². The van der Waals surface area contributed by atoms with Gasteiger partial charge in [0.25, 0.3) is 0 Å². The summed E-state index contributed by atoms with van der Waals surface area (Å²) < 4.78 is 5.36. The third-order valence-corrected chi connectivity index (χ3v) is 5.84. The first-order chi connectivity index (χ1) is 12.2. The largest absolute Gasteiger partial charge is 0.378 e. The predicted molar refractivity (Wildman–Crippen MR) is 95.2 cm³/mol. The van der Waals surface area contributed by atoms with Crippen molar-refractivity contribution in [2.45, 2.75) is 31.7 Å². The SMILES string of the molecule is CNC(=O)CN1CCC(N2CCCC(C(=O)N3CCOCC3)C2)CC1. The number of nitrogens with zero attached hydrogens (tertiary/aromatic N) is 3. The summed E-state index contributed by atoms with van der Waals surface area (Å²) in [5.41, 5.74) is 0. The molecule has 0 aromatic rings. The van der Waals surface area contributed by atoms with Crippen molar-refractivity contribution in [3.8, 4) is 0 Å². The number of carbonyl (C=O) groups excluding carboxylic acids is 2. The molecule has 3 rings (SSSR count). The molecule has 3 aliphatic heterocycles. The van der Waals surface area contributed by atoms with Crippen LogP contribution >= 0.6 is 0 Å². The Bertz CT molecular complexity index is 459. The number of ether oxygens (including phenoxy) is 1. The van der Waals surface area contributed by atoms with Gasteiger partial charge >= 0.3 is 0 Å². The second kappa shape index (κ2) is 8.96. The molecule has 25 heavy (non-hydrogen) atoms. The van der Waals surface area contributed by atoms with Crippen LogP contribution in [0, 0.1) is 5.92 Å². The number of likely N-dealkylation sites (N-methyl/N-ethyl adjacent to an activating group) is 1. The molecule has 1 atom stereocenters. The molecular formula is C18H32N4O3. The van der Waals surface area contributed by atoms with E-state index in [1.165, 1.54) is 0 Å². The first-order valence-corrected chi connectivity index (χ1v) is 9.71. The molecule has 0 saturated carbocycles. The zero-order valence-electron chi connectivity index (χ0n) is 15.4. The number of nitrogens with one attached hydrogen (secondary N) is 1. The Balaban J connectivity index is 1.47. The van der Waals surface area contributed by atoms with Crippen molar-refractivity contribution in [3.05, 3.63) is 0 Å². The summed E-state index contributed by atoms with van der Waals surface area (Å²) >= 11 is 0. The van der Waals surface area contributed by atoms with E-state index in [9.17, 15) is 9.59 Å². The topological polar surface area (TPSA) is 65.1 Å². The Labute approximate surface area is 150 Å². The highest BCUT2D eigenvalue weighted by molar-refractivity contribution is 5.79. The highest BCUT2D eigenvalue weighted by Crippen LogP contribution is 2.25. The lowest BCUT2D eigenvalue weighted by molar-refractivity contribution is -0.142. The van der Waals surface area contributed by atoms with Gasteiger partial charge in [-0.1, -0.05) is 0 Å². The fourth-order valence-corrected chi connectivity index (χ4v) is 4.31. The summed E-state index contributed by atoms with van der Waals surface area (Å²) in [5, 5.41) is 2.69. The van der Waals surface area contributed by atoms with E-state index in [1.54, 1.807) is 7.05 Å². The summed E-state index contributed by atoms with van der Waals surface area (Å²) in [6, 6.07) is 0.557. The van der Waals surface area contributed by atoms with Gasteiger partial charge in [0.05, 0.1) is 25.7 Å². The third kappa shape index (κ3) is 4.92. The van der Waals surface area contributed by atoms with E-state index in [4.69, 9.17) is 4.74 Å². The molecule has 1 unspecified atom stereocenters. The van der Waals surface area contributed by atoms with E-state index in [0.29, 0.717) is 31.7 Å². The van der Waals surface area contributed by atoms with Gasteiger partial charge in [0.15, 0.2) is 0 Å². The van der Waals surface area contributed by atoms with Crippen LogP contribution in [0.15, 0.2) is 0 Å². The number of likely N-dealkylation sites (tertiary alicyclic amines) is 2. The first-order valence-electron chi connectivity index (χ1n) is 9.71. The third-order valence-electron chi connectivity index (χ3n) is 5.84. The van der Waals surface area contributed by atoms with Gasteiger partial charge in [-0.2, -0.15) is 0 Å². The normalized spacial score (nSPS) is 27.2. The summed E-state index contributed by atoms with van der Waals surface area (Å²) in [7, 11) is 1.69. The average Bonchev–Trinajstić information content (AvgIpc) is 2.68. The molecule has 0 spiro atoms. The van der Waals surface area contributed by atoms with Crippen molar-refractivity contribution in [3.63, 3.8) is 0 Å². The quantitative estimate of drug-likeness (QED) is 0.757. The Morgan fingerprint density at radius 1 is 1.04 bits per heavy atom. The van der Waals surface area contributed by atoms with Gasteiger partial charge in [0.1, 0.15) is 0 Å². The number of hydrogen-bond acceptors (Lipinski definition) is 5. The van der Waals surface area contributed by atoms with E-state index < -0.39 is 0 Å². The summed E-state index contributed by atoms with van der Waals surface area (Å²) in [6.45, 7) is 7.27. The molecule has 142 valence electrons. The number of morpholine rings is 1. The van der Waals surface area contributed by atoms with Crippen molar-refractivity contribution in [1.82, 2.24) is 20.0 Å².